The minimum Gasteiger partial charge on any atom is -0.404 e. The molecular weight excluding hydrogens is 475 g/mol. The molecule has 1 unspecified atom stereocenters. The Morgan fingerprint density at radius 2 is 2.17 bits per heavy atom. The van der Waals surface area contributed by atoms with Gasteiger partial charge in [0.15, 0.2) is 5.82 Å². The Kier molecular flexibility index (Phi) is 7.37. The quantitative estimate of drug-likeness (QED) is 0.501. The van der Waals surface area contributed by atoms with E-state index in [-0.39, 0.29) is 28.2 Å². The molecule has 4 rings (SSSR count). The van der Waals surface area contributed by atoms with E-state index < -0.39 is 11.7 Å². The van der Waals surface area contributed by atoms with E-state index >= 15 is 0 Å². The number of ether oxygens (including phenoxy) is 1. The van der Waals surface area contributed by atoms with Gasteiger partial charge < -0.3 is 20.7 Å². The predicted molar refractivity (Wildman–Crippen MR) is 132 cm³/mol. The second kappa shape index (κ2) is 10.6. The minimum atomic E-state index is -0.597. The molecule has 1 atom stereocenters. The Labute approximate surface area is 206 Å². The van der Waals surface area contributed by atoms with Crippen LogP contribution >= 0.6 is 11.6 Å². The highest BCUT2D eigenvalue weighted by Gasteiger charge is 2.26. The molecule has 1 aromatic carbocycles. The Morgan fingerprint density at radius 3 is 2.86 bits per heavy atom. The molecule has 0 radical (unpaired) electrons. The van der Waals surface area contributed by atoms with Crippen LogP contribution < -0.4 is 16.0 Å². The van der Waals surface area contributed by atoms with E-state index in [9.17, 15) is 9.18 Å². The monoisotopic (exact) mass is 498 g/mol. The number of benzene rings is 1. The molecule has 182 valence electrons. The normalized spacial score (nSPS) is 16.6. The SMILES string of the molecule is CN=C/C(=C\N)C1CN(c2cc(C(=O)Nc3ccnn3C)nc(-c3ccc(Cl)cc3F)n2)CCO1. The summed E-state index contributed by atoms with van der Waals surface area (Å²) in [4.78, 5) is 28.0. The van der Waals surface area contributed by atoms with Crippen molar-refractivity contribution in [2.75, 3.05) is 37.0 Å². The molecule has 0 saturated carbocycles. The molecule has 1 aliphatic heterocycles. The number of aliphatic imine (C=N–C) groups is 1. The number of aryl methyl sites for hydroxylation is 1. The topological polar surface area (TPSA) is 124 Å². The fourth-order valence-corrected chi connectivity index (χ4v) is 3.78. The van der Waals surface area contributed by atoms with E-state index in [4.69, 9.17) is 22.1 Å². The van der Waals surface area contributed by atoms with Crippen molar-refractivity contribution in [3.8, 4) is 11.4 Å². The molecule has 1 amide bonds. The Balaban J connectivity index is 1.73. The molecule has 35 heavy (non-hydrogen) atoms. The lowest BCUT2D eigenvalue weighted by molar-refractivity contribution is 0.0676. The molecule has 0 spiro atoms. The number of rotatable bonds is 6. The van der Waals surface area contributed by atoms with Crippen LogP contribution in [0.2, 0.25) is 5.02 Å². The number of nitrogens with two attached hydrogens (primary N) is 1. The number of amides is 1. The molecule has 3 N–H and O–H groups in total. The van der Waals surface area contributed by atoms with Crippen molar-refractivity contribution >= 4 is 35.4 Å². The summed E-state index contributed by atoms with van der Waals surface area (Å²) in [5.74, 6) is -0.104. The van der Waals surface area contributed by atoms with E-state index in [0.29, 0.717) is 36.9 Å². The van der Waals surface area contributed by atoms with Gasteiger partial charge in [0, 0.05) is 62.3 Å². The highest BCUT2D eigenvalue weighted by Crippen LogP contribution is 2.27. The zero-order valence-corrected chi connectivity index (χ0v) is 19.9. The summed E-state index contributed by atoms with van der Waals surface area (Å²) in [5.41, 5.74) is 6.65. The molecule has 1 fully saturated rings. The van der Waals surface area contributed by atoms with Gasteiger partial charge in [-0.15, -0.1) is 0 Å². The standard InChI is InChI=1S/C23H24ClFN8O2/c1-27-12-14(11-26)19-13-33(7-8-35-19)21-10-18(23(34)31-20-5-6-28-32(20)2)29-22(30-21)16-4-3-15(24)9-17(16)25/h3-6,9-12,19H,7-8,13,26H2,1-2H3,(H,31,34)/b14-11+,27-12?. The Hall–Kier alpha value is -3.83. The van der Waals surface area contributed by atoms with Crippen molar-refractivity contribution in [2.45, 2.75) is 6.10 Å². The lowest BCUT2D eigenvalue weighted by Crippen LogP contribution is -2.44. The molecule has 10 nitrogen and oxygen atoms in total. The fourth-order valence-electron chi connectivity index (χ4n) is 3.62. The van der Waals surface area contributed by atoms with Crippen LogP contribution in [0.5, 0.6) is 0 Å². The Morgan fingerprint density at radius 1 is 1.34 bits per heavy atom. The first-order valence-electron chi connectivity index (χ1n) is 10.7. The predicted octanol–water partition coefficient (Wildman–Crippen LogP) is 2.67. The average molecular weight is 499 g/mol. The molecule has 3 heterocycles. The minimum absolute atomic E-state index is 0.0552. The summed E-state index contributed by atoms with van der Waals surface area (Å²) >= 11 is 5.92. The third-order valence-electron chi connectivity index (χ3n) is 5.41. The molecule has 2 aromatic heterocycles. The number of nitrogens with zero attached hydrogens (tertiary/aromatic N) is 6. The van der Waals surface area contributed by atoms with E-state index in [2.05, 4.69) is 25.4 Å². The van der Waals surface area contributed by atoms with Crippen molar-refractivity contribution in [1.29, 1.82) is 0 Å². The third kappa shape index (κ3) is 5.47. The largest absolute Gasteiger partial charge is 0.404 e. The van der Waals surface area contributed by atoms with Crippen LogP contribution in [0, 0.1) is 5.82 Å². The van der Waals surface area contributed by atoms with Crippen LogP contribution in [0.4, 0.5) is 16.0 Å². The fraction of sp³-hybridized carbons (Fsp3) is 0.261. The van der Waals surface area contributed by atoms with Crippen LogP contribution in [0.3, 0.4) is 0 Å². The van der Waals surface area contributed by atoms with Gasteiger partial charge in [-0.25, -0.2) is 14.4 Å². The van der Waals surface area contributed by atoms with Crippen molar-refractivity contribution in [2.24, 2.45) is 17.8 Å². The highest BCUT2D eigenvalue weighted by molar-refractivity contribution is 6.30. The first-order chi connectivity index (χ1) is 16.9. The summed E-state index contributed by atoms with van der Waals surface area (Å²) in [6.07, 6.45) is 4.29. The van der Waals surface area contributed by atoms with Gasteiger partial charge in [0.25, 0.3) is 5.91 Å². The van der Waals surface area contributed by atoms with Crippen molar-refractivity contribution in [3.63, 3.8) is 0 Å². The molecule has 0 aliphatic carbocycles. The van der Waals surface area contributed by atoms with Crippen molar-refractivity contribution < 1.29 is 13.9 Å². The summed E-state index contributed by atoms with van der Waals surface area (Å²) in [5, 5.41) is 7.05. The van der Waals surface area contributed by atoms with Gasteiger partial charge in [0.1, 0.15) is 29.3 Å². The van der Waals surface area contributed by atoms with E-state index in [1.54, 1.807) is 44.7 Å². The van der Waals surface area contributed by atoms with Crippen molar-refractivity contribution in [1.82, 2.24) is 19.7 Å². The van der Waals surface area contributed by atoms with E-state index in [0.717, 1.165) is 0 Å². The Bertz CT molecular complexity index is 1290. The van der Waals surface area contributed by atoms with Crippen molar-refractivity contribution in [3.05, 3.63) is 64.8 Å². The molecule has 3 aromatic rings. The van der Waals surface area contributed by atoms with Gasteiger partial charge in [-0.3, -0.25) is 14.5 Å². The second-order valence-electron chi connectivity index (χ2n) is 7.71. The van der Waals surface area contributed by atoms with E-state index in [1.165, 1.54) is 23.0 Å². The van der Waals surface area contributed by atoms with Gasteiger partial charge in [-0.1, -0.05) is 11.6 Å². The number of nitrogens with one attached hydrogen (secondary N) is 1. The number of hydrogen-bond acceptors (Lipinski definition) is 8. The summed E-state index contributed by atoms with van der Waals surface area (Å²) in [6, 6.07) is 7.41. The molecular formula is C23H24ClFN8O2. The van der Waals surface area contributed by atoms with Gasteiger partial charge in [0.2, 0.25) is 0 Å². The zero-order chi connectivity index (χ0) is 24.9. The maximum Gasteiger partial charge on any atom is 0.275 e. The average Bonchev–Trinajstić information content (AvgIpc) is 3.26. The first kappa shape index (κ1) is 24.3. The molecule has 12 heteroatoms. The maximum atomic E-state index is 14.8. The number of carbonyl (C=O) groups is 1. The summed E-state index contributed by atoms with van der Waals surface area (Å²) < 4.78 is 22.1. The van der Waals surface area contributed by atoms with Crippen LogP contribution in [-0.4, -0.2) is 64.7 Å². The van der Waals surface area contributed by atoms with Gasteiger partial charge in [0.05, 0.1) is 18.4 Å². The lowest BCUT2D eigenvalue weighted by atomic mass is 10.1. The van der Waals surface area contributed by atoms with Crippen LogP contribution in [0.1, 0.15) is 10.5 Å². The first-order valence-corrected chi connectivity index (χ1v) is 11.1. The van der Waals surface area contributed by atoms with Gasteiger partial charge >= 0.3 is 0 Å². The highest BCUT2D eigenvalue weighted by atomic mass is 35.5. The van der Waals surface area contributed by atoms with Gasteiger partial charge in [-0.2, -0.15) is 5.10 Å². The number of carbonyl (C=O) groups excluding carboxylic acids is 1. The maximum absolute atomic E-state index is 14.8. The lowest BCUT2D eigenvalue weighted by Gasteiger charge is -2.34. The third-order valence-corrected chi connectivity index (χ3v) is 5.65. The summed E-state index contributed by atoms with van der Waals surface area (Å²) in [6.45, 7) is 1.29. The zero-order valence-electron chi connectivity index (χ0n) is 19.2. The van der Waals surface area contributed by atoms with Crippen LogP contribution in [0.15, 0.2) is 53.3 Å². The van der Waals surface area contributed by atoms with Crippen LogP contribution in [0.25, 0.3) is 11.4 Å². The molecule has 1 saturated heterocycles. The number of halogens is 2. The number of morpholine rings is 1. The smallest absolute Gasteiger partial charge is 0.275 e. The van der Waals surface area contributed by atoms with Gasteiger partial charge in [-0.05, 0) is 18.2 Å². The van der Waals surface area contributed by atoms with Crippen LogP contribution in [-0.2, 0) is 11.8 Å². The number of hydrogen-bond donors (Lipinski definition) is 2. The second-order valence-corrected chi connectivity index (χ2v) is 8.15. The van der Waals surface area contributed by atoms with E-state index in [1.807, 2.05) is 4.90 Å². The summed E-state index contributed by atoms with van der Waals surface area (Å²) in [7, 11) is 3.35. The molecule has 0 bridgehead atoms. The number of anilines is 2. The molecule has 1 aliphatic rings. The number of aromatic nitrogens is 4.